The van der Waals surface area contributed by atoms with Crippen LogP contribution in [0.15, 0.2) is 0 Å². The molecule has 0 amide bonds. The van der Waals surface area contributed by atoms with Crippen LogP contribution in [0.25, 0.3) is 0 Å². The fourth-order valence-electron chi connectivity index (χ4n) is 4.10. The van der Waals surface area contributed by atoms with Gasteiger partial charge in [0.05, 0.1) is 6.10 Å². The van der Waals surface area contributed by atoms with Crippen molar-refractivity contribution in [1.82, 2.24) is 5.43 Å². The van der Waals surface area contributed by atoms with Gasteiger partial charge in [-0.25, -0.2) is 0 Å². The van der Waals surface area contributed by atoms with Crippen LogP contribution in [-0.4, -0.2) is 18.8 Å². The summed E-state index contributed by atoms with van der Waals surface area (Å²) >= 11 is 0. The summed E-state index contributed by atoms with van der Waals surface area (Å²) in [6, 6.07) is 0.555. The minimum absolute atomic E-state index is 0.523. The Morgan fingerprint density at radius 2 is 2.00 bits per heavy atom. The number of ether oxygens (including phenoxy) is 1. The zero-order valence-electron chi connectivity index (χ0n) is 10.0. The molecule has 1 saturated heterocycles. The van der Waals surface area contributed by atoms with Crippen molar-refractivity contribution in [3.8, 4) is 0 Å². The van der Waals surface area contributed by atoms with Crippen molar-refractivity contribution in [2.24, 2.45) is 23.6 Å². The Kier molecular flexibility index (Phi) is 3.18. The first-order valence-electron chi connectivity index (χ1n) is 6.98. The van der Waals surface area contributed by atoms with E-state index in [4.69, 9.17) is 10.6 Å². The van der Waals surface area contributed by atoms with Crippen LogP contribution in [-0.2, 0) is 4.74 Å². The van der Waals surface area contributed by atoms with E-state index < -0.39 is 0 Å². The smallest absolute Gasteiger partial charge is 0.0576 e. The summed E-state index contributed by atoms with van der Waals surface area (Å²) in [6.07, 6.45) is 9.79. The first kappa shape index (κ1) is 11.0. The van der Waals surface area contributed by atoms with Crippen LogP contribution >= 0.6 is 0 Å². The molecule has 3 fully saturated rings. The molecule has 4 unspecified atom stereocenters. The van der Waals surface area contributed by atoms with Gasteiger partial charge in [-0.05, 0) is 56.3 Å². The molecule has 92 valence electrons. The molecular formula is C13H24N2O. The maximum Gasteiger partial charge on any atom is 0.0576 e. The molecule has 1 aliphatic heterocycles. The van der Waals surface area contributed by atoms with Crippen molar-refractivity contribution in [2.45, 2.75) is 57.1 Å². The molecule has 2 saturated carbocycles. The molecule has 3 heteroatoms. The van der Waals surface area contributed by atoms with Crippen molar-refractivity contribution >= 4 is 0 Å². The van der Waals surface area contributed by atoms with Crippen molar-refractivity contribution < 1.29 is 4.74 Å². The lowest BCUT2D eigenvalue weighted by Gasteiger charge is -2.19. The topological polar surface area (TPSA) is 47.3 Å². The number of hydrazine groups is 1. The molecule has 4 atom stereocenters. The molecule has 0 radical (unpaired) electrons. The summed E-state index contributed by atoms with van der Waals surface area (Å²) in [6.45, 7) is 0.972. The molecule has 0 aromatic carbocycles. The summed E-state index contributed by atoms with van der Waals surface area (Å²) in [5, 5.41) is 0. The summed E-state index contributed by atoms with van der Waals surface area (Å²) in [4.78, 5) is 0. The summed E-state index contributed by atoms with van der Waals surface area (Å²) in [5.74, 6) is 8.61. The molecule has 0 aromatic heterocycles. The molecule has 3 N–H and O–H groups in total. The lowest BCUT2D eigenvalue weighted by molar-refractivity contribution is 0.0983. The van der Waals surface area contributed by atoms with Crippen molar-refractivity contribution in [3.63, 3.8) is 0 Å². The van der Waals surface area contributed by atoms with Gasteiger partial charge in [-0.1, -0.05) is 6.42 Å². The lowest BCUT2D eigenvalue weighted by Crippen LogP contribution is -2.38. The predicted molar refractivity (Wildman–Crippen MR) is 63.6 cm³/mol. The monoisotopic (exact) mass is 224 g/mol. The third-order valence-corrected chi connectivity index (χ3v) is 4.98. The molecule has 0 spiro atoms. The normalized spacial score (nSPS) is 43.3. The highest BCUT2D eigenvalue weighted by Gasteiger charge is 2.55. The third-order valence-electron chi connectivity index (χ3n) is 4.98. The molecule has 3 aliphatic rings. The maximum atomic E-state index is 5.71. The Labute approximate surface area is 98.1 Å². The summed E-state index contributed by atoms with van der Waals surface area (Å²) in [5.41, 5.74) is 3.06. The number of hydrogen-bond donors (Lipinski definition) is 2. The lowest BCUT2D eigenvalue weighted by atomic mass is 9.98. The van der Waals surface area contributed by atoms with Crippen LogP contribution in [0, 0.1) is 17.8 Å². The number of hydrogen-bond acceptors (Lipinski definition) is 3. The van der Waals surface area contributed by atoms with E-state index in [1.165, 1.54) is 44.9 Å². The van der Waals surface area contributed by atoms with Crippen LogP contribution in [0.5, 0.6) is 0 Å². The Morgan fingerprint density at radius 3 is 2.62 bits per heavy atom. The zero-order valence-corrected chi connectivity index (χ0v) is 10.0. The van der Waals surface area contributed by atoms with Crippen LogP contribution in [0.4, 0.5) is 0 Å². The minimum atomic E-state index is 0.523. The fourth-order valence-corrected chi connectivity index (χ4v) is 4.10. The second kappa shape index (κ2) is 4.63. The second-order valence-electron chi connectivity index (χ2n) is 5.82. The van der Waals surface area contributed by atoms with Gasteiger partial charge in [-0.15, -0.1) is 0 Å². The van der Waals surface area contributed by atoms with Crippen molar-refractivity contribution in [2.75, 3.05) is 6.61 Å². The Hall–Kier alpha value is -0.120. The summed E-state index contributed by atoms with van der Waals surface area (Å²) in [7, 11) is 0. The average Bonchev–Trinajstić information content (AvgIpc) is 2.79. The Morgan fingerprint density at radius 1 is 1.19 bits per heavy atom. The van der Waals surface area contributed by atoms with Gasteiger partial charge in [-0.3, -0.25) is 11.3 Å². The van der Waals surface area contributed by atoms with Crippen LogP contribution < -0.4 is 11.3 Å². The third kappa shape index (κ3) is 2.01. The van der Waals surface area contributed by atoms with E-state index in [9.17, 15) is 0 Å². The van der Waals surface area contributed by atoms with Gasteiger partial charge in [0.15, 0.2) is 0 Å². The van der Waals surface area contributed by atoms with E-state index in [1.807, 2.05) is 0 Å². The van der Waals surface area contributed by atoms with Gasteiger partial charge in [0.1, 0.15) is 0 Å². The molecule has 0 bridgehead atoms. The van der Waals surface area contributed by atoms with E-state index in [-0.39, 0.29) is 0 Å². The second-order valence-corrected chi connectivity index (χ2v) is 5.82. The molecule has 3 nitrogen and oxygen atoms in total. The van der Waals surface area contributed by atoms with Crippen LogP contribution in [0.3, 0.4) is 0 Å². The summed E-state index contributed by atoms with van der Waals surface area (Å²) < 4.78 is 5.67. The quantitative estimate of drug-likeness (QED) is 0.553. The number of fused-ring (bicyclic) bond motifs is 1. The fraction of sp³-hybridized carbons (Fsp3) is 1.00. The molecular weight excluding hydrogens is 200 g/mol. The van der Waals surface area contributed by atoms with Gasteiger partial charge < -0.3 is 4.74 Å². The molecule has 16 heavy (non-hydrogen) atoms. The Balaban J connectivity index is 1.45. The Bertz CT molecular complexity index is 230. The van der Waals surface area contributed by atoms with Crippen molar-refractivity contribution in [1.29, 1.82) is 0 Å². The molecule has 0 aromatic rings. The van der Waals surface area contributed by atoms with Crippen LogP contribution in [0.1, 0.15) is 44.9 Å². The first-order valence-corrected chi connectivity index (χ1v) is 6.98. The van der Waals surface area contributed by atoms with Gasteiger partial charge in [0, 0.05) is 12.6 Å². The molecule has 1 heterocycles. The standard InChI is InChI=1S/C13H24N2O/c14-15-12(7-6-9-3-2-8-16-9)13-10-4-1-5-11(10)13/h9-13,15H,1-8,14H2. The van der Waals surface area contributed by atoms with E-state index in [1.54, 1.807) is 0 Å². The predicted octanol–water partition coefficient (Wildman–Crippen LogP) is 1.82. The van der Waals surface area contributed by atoms with Gasteiger partial charge in [0.2, 0.25) is 0 Å². The van der Waals surface area contributed by atoms with Crippen molar-refractivity contribution in [3.05, 3.63) is 0 Å². The zero-order chi connectivity index (χ0) is 11.0. The average molecular weight is 224 g/mol. The van der Waals surface area contributed by atoms with Crippen LogP contribution in [0.2, 0.25) is 0 Å². The first-order chi connectivity index (χ1) is 7.90. The molecule has 2 aliphatic carbocycles. The highest BCUT2D eigenvalue weighted by molar-refractivity contribution is 5.05. The van der Waals surface area contributed by atoms with Gasteiger partial charge >= 0.3 is 0 Å². The van der Waals surface area contributed by atoms with E-state index >= 15 is 0 Å². The highest BCUT2D eigenvalue weighted by Crippen LogP contribution is 2.59. The van der Waals surface area contributed by atoms with Gasteiger partial charge in [-0.2, -0.15) is 0 Å². The number of rotatable bonds is 5. The number of nitrogens with two attached hydrogens (primary N) is 1. The maximum absolute atomic E-state index is 5.71. The molecule has 3 rings (SSSR count). The van der Waals surface area contributed by atoms with E-state index in [2.05, 4.69) is 5.43 Å². The highest BCUT2D eigenvalue weighted by atomic mass is 16.5. The SMILES string of the molecule is NNC(CCC1CCCO1)C1C2CCCC21. The largest absolute Gasteiger partial charge is 0.378 e. The van der Waals surface area contributed by atoms with E-state index in [0.29, 0.717) is 12.1 Å². The number of nitrogens with one attached hydrogen (secondary N) is 1. The van der Waals surface area contributed by atoms with Gasteiger partial charge in [0.25, 0.3) is 0 Å². The minimum Gasteiger partial charge on any atom is -0.378 e. The van der Waals surface area contributed by atoms with E-state index in [0.717, 1.165) is 24.4 Å².